The minimum Gasteiger partial charge on any atom is -0.446 e. The molecule has 0 aliphatic rings. The predicted octanol–water partition coefficient (Wildman–Crippen LogP) is 4.01. The van der Waals surface area contributed by atoms with Crippen LogP contribution in [0.1, 0.15) is 0 Å². The van der Waals surface area contributed by atoms with Crippen LogP contribution in [-0.4, -0.2) is 9.38 Å². The van der Waals surface area contributed by atoms with Crippen molar-refractivity contribution in [2.24, 2.45) is 0 Å². The second kappa shape index (κ2) is 3.64. The van der Waals surface area contributed by atoms with E-state index in [-0.39, 0.29) is 0 Å². The highest BCUT2D eigenvalue weighted by Gasteiger charge is 2.11. The highest BCUT2D eigenvalue weighted by molar-refractivity contribution is 9.10. The molecule has 0 atom stereocenters. The molecule has 0 N–H and O–H groups in total. The van der Waals surface area contributed by atoms with E-state index in [0.717, 1.165) is 5.52 Å². The van der Waals surface area contributed by atoms with Crippen LogP contribution in [0.3, 0.4) is 0 Å². The third-order valence-electron chi connectivity index (χ3n) is 2.30. The maximum atomic E-state index is 6.13. The molecule has 3 rings (SSSR count). The van der Waals surface area contributed by atoms with E-state index < -0.39 is 0 Å². The highest BCUT2D eigenvalue weighted by atomic mass is 79.9. The van der Waals surface area contributed by atoms with Gasteiger partial charge in [0.15, 0.2) is 16.3 Å². The van der Waals surface area contributed by atoms with Crippen LogP contribution in [0.25, 0.3) is 17.1 Å². The Hall–Kier alpha value is -1.26. The van der Waals surface area contributed by atoms with Crippen LogP contribution in [0, 0.1) is 0 Å². The first-order valence-electron chi connectivity index (χ1n) is 4.63. The predicted molar refractivity (Wildman–Crippen MR) is 65.6 cm³/mol. The van der Waals surface area contributed by atoms with Gasteiger partial charge in [-0.3, -0.25) is 4.40 Å². The third-order valence-corrected chi connectivity index (χ3v) is 3.02. The van der Waals surface area contributed by atoms with Gasteiger partial charge < -0.3 is 4.42 Å². The molecule has 0 bridgehead atoms. The van der Waals surface area contributed by atoms with Crippen molar-refractivity contribution in [1.29, 1.82) is 0 Å². The minimum atomic E-state index is 0.609. The average Bonchev–Trinajstić information content (AvgIpc) is 2.84. The molecular weight excluding hydrogens is 291 g/mol. The van der Waals surface area contributed by atoms with Crippen molar-refractivity contribution in [3.05, 3.63) is 46.4 Å². The van der Waals surface area contributed by atoms with Gasteiger partial charge in [-0.25, -0.2) is 4.98 Å². The molecular formula is C11H6BrClN2O. The van der Waals surface area contributed by atoms with Crippen molar-refractivity contribution in [3.63, 3.8) is 0 Å². The lowest BCUT2D eigenvalue weighted by Crippen LogP contribution is -1.89. The standard InChI is InChI=1S/C11H6BrClN2O/c12-9-5-4-8(16-9)11-14-6-7-2-1-3-10(13)15(7)11/h1-6H. The molecule has 0 saturated carbocycles. The van der Waals surface area contributed by atoms with Gasteiger partial charge in [-0.2, -0.15) is 0 Å². The van der Waals surface area contributed by atoms with E-state index >= 15 is 0 Å². The molecule has 3 aromatic heterocycles. The van der Waals surface area contributed by atoms with Crippen molar-refractivity contribution in [2.45, 2.75) is 0 Å². The van der Waals surface area contributed by atoms with Crippen molar-refractivity contribution >= 4 is 33.0 Å². The van der Waals surface area contributed by atoms with E-state index in [0.29, 0.717) is 21.4 Å². The number of halogens is 2. The highest BCUT2D eigenvalue weighted by Crippen LogP contribution is 2.27. The normalized spacial score (nSPS) is 11.1. The fourth-order valence-corrected chi connectivity index (χ4v) is 2.17. The largest absolute Gasteiger partial charge is 0.446 e. The molecule has 0 saturated heterocycles. The fraction of sp³-hybridized carbons (Fsp3) is 0. The Morgan fingerprint density at radius 1 is 1.25 bits per heavy atom. The van der Waals surface area contributed by atoms with Crippen LogP contribution in [0.4, 0.5) is 0 Å². The quantitative estimate of drug-likeness (QED) is 0.635. The number of nitrogens with zero attached hydrogens (tertiary/aromatic N) is 2. The molecule has 0 fully saturated rings. The lowest BCUT2D eigenvalue weighted by atomic mass is 10.4. The number of fused-ring (bicyclic) bond motifs is 1. The maximum absolute atomic E-state index is 6.13. The number of aromatic nitrogens is 2. The molecule has 0 radical (unpaired) electrons. The van der Waals surface area contributed by atoms with Gasteiger partial charge in [0, 0.05) is 0 Å². The summed E-state index contributed by atoms with van der Waals surface area (Å²) in [4.78, 5) is 4.30. The number of rotatable bonds is 1. The van der Waals surface area contributed by atoms with Crippen LogP contribution in [0.2, 0.25) is 5.15 Å². The average molecular weight is 298 g/mol. The summed E-state index contributed by atoms with van der Waals surface area (Å²) < 4.78 is 7.98. The molecule has 80 valence electrons. The molecule has 16 heavy (non-hydrogen) atoms. The van der Waals surface area contributed by atoms with Gasteiger partial charge in [0.2, 0.25) is 0 Å². The zero-order valence-electron chi connectivity index (χ0n) is 8.02. The monoisotopic (exact) mass is 296 g/mol. The molecule has 0 amide bonds. The number of hydrogen-bond acceptors (Lipinski definition) is 2. The Bertz CT molecular complexity index is 659. The molecule has 0 aromatic carbocycles. The van der Waals surface area contributed by atoms with E-state index in [4.69, 9.17) is 16.0 Å². The zero-order chi connectivity index (χ0) is 11.1. The Labute approximate surface area is 105 Å². The molecule has 3 heterocycles. The first kappa shape index (κ1) is 9.93. The number of furan rings is 1. The summed E-state index contributed by atoms with van der Waals surface area (Å²) in [6.45, 7) is 0. The summed E-state index contributed by atoms with van der Waals surface area (Å²) in [6, 6.07) is 9.33. The first-order valence-corrected chi connectivity index (χ1v) is 5.80. The second-order valence-corrected chi connectivity index (χ2v) is 4.46. The van der Waals surface area contributed by atoms with E-state index in [1.54, 1.807) is 6.20 Å². The second-order valence-electron chi connectivity index (χ2n) is 3.29. The number of imidazole rings is 1. The summed E-state index contributed by atoms with van der Waals surface area (Å²) >= 11 is 9.39. The van der Waals surface area contributed by atoms with Gasteiger partial charge in [-0.1, -0.05) is 17.7 Å². The Morgan fingerprint density at radius 3 is 2.88 bits per heavy atom. The third kappa shape index (κ3) is 1.45. The van der Waals surface area contributed by atoms with Crippen LogP contribution >= 0.6 is 27.5 Å². The number of hydrogen-bond donors (Lipinski definition) is 0. The summed E-state index contributed by atoms with van der Waals surface area (Å²) in [5.74, 6) is 1.38. The van der Waals surface area contributed by atoms with Gasteiger partial charge in [-0.15, -0.1) is 0 Å². The van der Waals surface area contributed by atoms with Crippen LogP contribution < -0.4 is 0 Å². The molecule has 5 heteroatoms. The Kier molecular flexibility index (Phi) is 2.26. The van der Waals surface area contributed by atoms with E-state index in [1.165, 1.54) is 0 Å². The van der Waals surface area contributed by atoms with E-state index in [2.05, 4.69) is 20.9 Å². The summed E-state index contributed by atoms with van der Waals surface area (Å²) in [5, 5.41) is 0.609. The van der Waals surface area contributed by atoms with Crippen molar-refractivity contribution in [1.82, 2.24) is 9.38 Å². The fourth-order valence-electron chi connectivity index (χ4n) is 1.62. The van der Waals surface area contributed by atoms with Crippen molar-refractivity contribution in [2.75, 3.05) is 0 Å². The lowest BCUT2D eigenvalue weighted by molar-refractivity contribution is 0.551. The van der Waals surface area contributed by atoms with Gasteiger partial charge in [0.1, 0.15) is 5.15 Å². The Morgan fingerprint density at radius 2 is 2.12 bits per heavy atom. The topological polar surface area (TPSA) is 30.4 Å². The van der Waals surface area contributed by atoms with E-state index in [9.17, 15) is 0 Å². The maximum Gasteiger partial charge on any atom is 0.182 e. The molecule has 0 spiro atoms. The summed E-state index contributed by atoms with van der Waals surface area (Å²) in [6.07, 6.45) is 1.76. The van der Waals surface area contributed by atoms with Crippen LogP contribution in [-0.2, 0) is 0 Å². The zero-order valence-corrected chi connectivity index (χ0v) is 10.4. The van der Waals surface area contributed by atoms with Crippen molar-refractivity contribution < 1.29 is 4.42 Å². The Balaban J connectivity index is 2.32. The molecule has 3 nitrogen and oxygen atoms in total. The van der Waals surface area contributed by atoms with Gasteiger partial charge in [0.25, 0.3) is 0 Å². The molecule has 0 aliphatic carbocycles. The number of pyridine rings is 1. The van der Waals surface area contributed by atoms with Gasteiger partial charge >= 0.3 is 0 Å². The molecule has 3 aromatic rings. The molecule has 0 unspecified atom stereocenters. The van der Waals surface area contributed by atoms with E-state index in [1.807, 2.05) is 34.7 Å². The van der Waals surface area contributed by atoms with Crippen LogP contribution in [0.5, 0.6) is 0 Å². The minimum absolute atomic E-state index is 0.609. The molecule has 0 aliphatic heterocycles. The summed E-state index contributed by atoms with van der Waals surface area (Å²) in [5.41, 5.74) is 0.940. The van der Waals surface area contributed by atoms with Gasteiger partial charge in [-0.05, 0) is 40.2 Å². The SMILES string of the molecule is Clc1cccc2cnc(-c3ccc(Br)o3)n12. The lowest BCUT2D eigenvalue weighted by Gasteiger charge is -2.00. The van der Waals surface area contributed by atoms with Crippen molar-refractivity contribution in [3.8, 4) is 11.6 Å². The first-order chi connectivity index (χ1) is 7.75. The summed E-state index contributed by atoms with van der Waals surface area (Å²) in [7, 11) is 0. The smallest absolute Gasteiger partial charge is 0.182 e. The van der Waals surface area contributed by atoms with Gasteiger partial charge in [0.05, 0.1) is 11.7 Å². The van der Waals surface area contributed by atoms with Crippen LogP contribution in [0.15, 0.2) is 45.6 Å².